The number of carbonyl (C=O) groups is 2. The zero-order valence-electron chi connectivity index (χ0n) is 19.3. The van der Waals surface area contributed by atoms with Crippen molar-refractivity contribution in [2.45, 2.75) is 27.7 Å². The molecular weight excluding hydrogens is 430 g/mol. The summed E-state index contributed by atoms with van der Waals surface area (Å²) in [4.78, 5) is 34.1. The van der Waals surface area contributed by atoms with Gasteiger partial charge in [-0.2, -0.15) is 5.26 Å². The number of fused-ring (bicyclic) bond motifs is 1. The zero-order valence-corrected chi connectivity index (χ0v) is 19.3. The van der Waals surface area contributed by atoms with Gasteiger partial charge in [0.15, 0.2) is 6.61 Å². The van der Waals surface area contributed by atoms with Gasteiger partial charge < -0.3 is 10.1 Å². The normalized spacial score (nSPS) is 10.7. The van der Waals surface area contributed by atoms with E-state index in [1.807, 2.05) is 58.0 Å². The van der Waals surface area contributed by atoms with Crippen LogP contribution in [-0.2, 0) is 9.53 Å². The highest BCUT2D eigenvalue weighted by molar-refractivity contribution is 5.97. The van der Waals surface area contributed by atoms with Crippen LogP contribution < -0.4 is 5.32 Å². The molecule has 0 spiro atoms. The summed E-state index contributed by atoms with van der Waals surface area (Å²) in [6, 6.07) is 16.4. The first-order valence-electron chi connectivity index (χ1n) is 10.7. The van der Waals surface area contributed by atoms with E-state index in [4.69, 9.17) is 4.74 Å². The minimum atomic E-state index is -0.650. The molecule has 0 aliphatic carbocycles. The number of para-hydroxylation sites is 1. The molecule has 0 unspecified atom stereocenters. The topological polar surface area (TPSA) is 110 Å². The molecule has 1 amide bonds. The lowest BCUT2D eigenvalue weighted by Gasteiger charge is -2.13. The highest BCUT2D eigenvalue weighted by Gasteiger charge is 2.21. The van der Waals surface area contributed by atoms with Crippen LogP contribution in [-0.4, -0.2) is 33.0 Å². The molecule has 2 heterocycles. The van der Waals surface area contributed by atoms with Crippen molar-refractivity contribution in [3.05, 3.63) is 82.3 Å². The van der Waals surface area contributed by atoms with Crippen molar-refractivity contribution in [1.82, 2.24) is 14.5 Å². The van der Waals surface area contributed by atoms with Gasteiger partial charge >= 0.3 is 5.97 Å². The summed E-state index contributed by atoms with van der Waals surface area (Å²) in [5, 5.41) is 12.4. The molecule has 2 aromatic carbocycles. The Bertz CT molecular complexity index is 1470. The van der Waals surface area contributed by atoms with E-state index in [1.54, 1.807) is 22.8 Å². The van der Waals surface area contributed by atoms with Crippen molar-refractivity contribution in [3.8, 4) is 11.8 Å². The Balaban J connectivity index is 1.52. The minimum Gasteiger partial charge on any atom is -0.452 e. The molecule has 4 aromatic rings. The van der Waals surface area contributed by atoms with E-state index in [9.17, 15) is 14.9 Å². The Kier molecular flexibility index (Phi) is 6.11. The molecule has 170 valence electrons. The monoisotopic (exact) mass is 453 g/mol. The number of aromatic nitrogens is 3. The molecule has 0 aliphatic rings. The summed E-state index contributed by atoms with van der Waals surface area (Å²) in [5.74, 6) is -0.855. The fourth-order valence-corrected chi connectivity index (χ4v) is 3.70. The number of ether oxygens (including phenoxy) is 1. The first-order chi connectivity index (χ1) is 16.3. The molecule has 1 N–H and O–H groups in total. The van der Waals surface area contributed by atoms with Crippen LogP contribution >= 0.6 is 0 Å². The van der Waals surface area contributed by atoms with Gasteiger partial charge in [0.1, 0.15) is 11.9 Å². The van der Waals surface area contributed by atoms with E-state index in [0.717, 1.165) is 28.3 Å². The second kappa shape index (κ2) is 9.16. The number of hydrogen-bond donors (Lipinski definition) is 1. The van der Waals surface area contributed by atoms with Crippen molar-refractivity contribution >= 4 is 28.7 Å². The largest absolute Gasteiger partial charge is 0.452 e. The van der Waals surface area contributed by atoms with Crippen molar-refractivity contribution in [1.29, 1.82) is 5.26 Å². The van der Waals surface area contributed by atoms with Gasteiger partial charge in [-0.05, 0) is 63.6 Å². The minimum absolute atomic E-state index is 0.273. The van der Waals surface area contributed by atoms with Crippen LogP contribution in [0.15, 0.2) is 48.5 Å². The van der Waals surface area contributed by atoms with Crippen LogP contribution in [0.25, 0.3) is 16.7 Å². The quantitative estimate of drug-likeness (QED) is 0.451. The number of amides is 1. The van der Waals surface area contributed by atoms with Gasteiger partial charge in [-0.15, -0.1) is 0 Å². The molecule has 8 nitrogen and oxygen atoms in total. The number of esters is 1. The van der Waals surface area contributed by atoms with Gasteiger partial charge in [0, 0.05) is 11.4 Å². The zero-order chi connectivity index (χ0) is 24.4. The van der Waals surface area contributed by atoms with Gasteiger partial charge in [0.05, 0.1) is 33.5 Å². The highest BCUT2D eigenvalue weighted by atomic mass is 16.5. The van der Waals surface area contributed by atoms with Gasteiger partial charge in [-0.25, -0.2) is 14.8 Å². The smallest absolute Gasteiger partial charge is 0.338 e. The molecule has 4 rings (SSSR count). The lowest BCUT2D eigenvalue weighted by Crippen LogP contribution is -2.23. The number of aryl methyl sites for hydroxylation is 2. The van der Waals surface area contributed by atoms with E-state index in [0.29, 0.717) is 22.4 Å². The number of hydrogen-bond acceptors (Lipinski definition) is 6. The van der Waals surface area contributed by atoms with E-state index in [1.165, 1.54) is 0 Å². The first-order valence-corrected chi connectivity index (χ1v) is 10.7. The molecule has 0 aliphatic heterocycles. The molecule has 8 heteroatoms. The third kappa shape index (κ3) is 4.24. The number of nitriles is 1. The molecule has 0 saturated heterocycles. The maximum atomic E-state index is 12.7. The number of rotatable bonds is 5. The number of nitrogens with one attached hydrogen (secondary N) is 1. The summed E-state index contributed by atoms with van der Waals surface area (Å²) < 4.78 is 7.04. The van der Waals surface area contributed by atoms with E-state index in [-0.39, 0.29) is 5.56 Å². The third-order valence-electron chi connectivity index (χ3n) is 5.74. The van der Waals surface area contributed by atoms with Gasteiger partial charge in [0.25, 0.3) is 5.91 Å². The fraction of sp³-hybridized carbons (Fsp3) is 0.192. The van der Waals surface area contributed by atoms with Gasteiger partial charge in [-0.1, -0.05) is 18.2 Å². The van der Waals surface area contributed by atoms with Crippen molar-refractivity contribution in [2.24, 2.45) is 0 Å². The summed E-state index contributed by atoms with van der Waals surface area (Å²) in [6.07, 6.45) is 0. The second-order valence-corrected chi connectivity index (χ2v) is 7.94. The van der Waals surface area contributed by atoms with Gasteiger partial charge in [0.2, 0.25) is 0 Å². The van der Waals surface area contributed by atoms with Crippen molar-refractivity contribution in [2.75, 3.05) is 11.9 Å². The van der Waals surface area contributed by atoms with Crippen LogP contribution in [0, 0.1) is 39.0 Å². The first kappa shape index (κ1) is 22.7. The molecule has 2 aromatic heterocycles. The Morgan fingerprint density at radius 1 is 1.00 bits per heavy atom. The predicted octanol–water partition coefficient (Wildman–Crippen LogP) is 4.32. The maximum Gasteiger partial charge on any atom is 0.338 e. The number of anilines is 1. The fourth-order valence-electron chi connectivity index (χ4n) is 3.70. The third-order valence-corrected chi connectivity index (χ3v) is 5.74. The Morgan fingerprint density at radius 3 is 2.35 bits per heavy atom. The molecule has 0 saturated carbocycles. The second-order valence-electron chi connectivity index (χ2n) is 7.94. The number of benzene rings is 2. The summed E-state index contributed by atoms with van der Waals surface area (Å²) in [6.45, 7) is 6.93. The highest BCUT2D eigenvalue weighted by Crippen LogP contribution is 2.29. The summed E-state index contributed by atoms with van der Waals surface area (Å²) in [7, 11) is 0. The van der Waals surface area contributed by atoms with Crippen molar-refractivity contribution in [3.63, 3.8) is 0 Å². The van der Waals surface area contributed by atoms with E-state index < -0.39 is 18.5 Å². The summed E-state index contributed by atoms with van der Waals surface area (Å²) >= 11 is 0. The average molecular weight is 454 g/mol. The average Bonchev–Trinajstić information content (AvgIpc) is 3.07. The molecule has 0 fully saturated rings. The Morgan fingerprint density at radius 2 is 1.68 bits per heavy atom. The Hall–Kier alpha value is -4.51. The molecule has 0 radical (unpaired) electrons. The molecule has 0 atom stereocenters. The Labute approximate surface area is 196 Å². The molecule has 34 heavy (non-hydrogen) atoms. The predicted molar refractivity (Wildman–Crippen MR) is 128 cm³/mol. The summed E-state index contributed by atoms with van der Waals surface area (Å²) in [5.41, 5.74) is 5.88. The lowest BCUT2D eigenvalue weighted by atomic mass is 10.2. The van der Waals surface area contributed by atoms with E-state index >= 15 is 0 Å². The maximum absolute atomic E-state index is 12.7. The standard InChI is InChI=1S/C26H23N5O3/c1-15-18(4)31(20-8-6-5-7-9-20)25(21(15)13-27)30-24(32)14-34-26(33)19-10-11-22-23(12-19)29-17(3)16(2)28-22/h5-12H,14H2,1-4H3,(H,30,32). The number of nitrogens with zero attached hydrogens (tertiary/aromatic N) is 4. The SMILES string of the molecule is Cc1nc2ccc(C(=O)OCC(=O)Nc3c(C#N)c(C)c(C)n3-c3ccccc3)cc2nc1C. The van der Waals surface area contributed by atoms with Crippen LogP contribution in [0.2, 0.25) is 0 Å². The lowest BCUT2D eigenvalue weighted by molar-refractivity contribution is -0.119. The van der Waals surface area contributed by atoms with Crippen LogP contribution in [0.4, 0.5) is 5.82 Å². The van der Waals surface area contributed by atoms with E-state index in [2.05, 4.69) is 21.4 Å². The number of carbonyl (C=O) groups excluding carboxylic acids is 2. The van der Waals surface area contributed by atoms with Gasteiger partial charge in [-0.3, -0.25) is 9.36 Å². The van der Waals surface area contributed by atoms with Crippen LogP contribution in [0.1, 0.15) is 38.6 Å². The van der Waals surface area contributed by atoms with Crippen LogP contribution in [0.3, 0.4) is 0 Å². The molecular formula is C26H23N5O3. The van der Waals surface area contributed by atoms with Crippen molar-refractivity contribution < 1.29 is 14.3 Å². The molecule has 0 bridgehead atoms. The van der Waals surface area contributed by atoms with Crippen LogP contribution in [0.5, 0.6) is 0 Å².